The van der Waals surface area contributed by atoms with Gasteiger partial charge in [0, 0.05) is 11.6 Å². The summed E-state index contributed by atoms with van der Waals surface area (Å²) in [5.74, 6) is 0.305. The minimum Gasteiger partial charge on any atom is -0.493 e. The van der Waals surface area contributed by atoms with E-state index in [4.69, 9.17) is 10.5 Å². The molecule has 3 heteroatoms. The zero-order valence-corrected chi connectivity index (χ0v) is 12.1. The van der Waals surface area contributed by atoms with E-state index in [-0.39, 0.29) is 11.9 Å². The highest BCUT2D eigenvalue weighted by Crippen LogP contribution is 2.26. The van der Waals surface area contributed by atoms with Gasteiger partial charge < -0.3 is 10.5 Å². The predicted molar refractivity (Wildman–Crippen MR) is 77.9 cm³/mol. The van der Waals surface area contributed by atoms with Crippen LogP contribution in [-0.4, -0.2) is 6.61 Å². The Morgan fingerprint density at radius 3 is 2.53 bits per heavy atom. The van der Waals surface area contributed by atoms with Gasteiger partial charge in [0.15, 0.2) is 0 Å². The van der Waals surface area contributed by atoms with E-state index in [1.165, 1.54) is 38.2 Å². The predicted octanol–water partition coefficient (Wildman–Crippen LogP) is 4.58. The van der Waals surface area contributed by atoms with Crippen molar-refractivity contribution in [3.05, 3.63) is 29.6 Å². The highest BCUT2D eigenvalue weighted by molar-refractivity contribution is 5.36. The van der Waals surface area contributed by atoms with E-state index in [1.54, 1.807) is 19.1 Å². The molecule has 108 valence electrons. The Labute approximate surface area is 116 Å². The fourth-order valence-corrected chi connectivity index (χ4v) is 2.15. The average Bonchev–Trinajstić information content (AvgIpc) is 2.37. The van der Waals surface area contributed by atoms with E-state index in [0.717, 1.165) is 6.42 Å². The third kappa shape index (κ3) is 5.60. The van der Waals surface area contributed by atoms with Crippen LogP contribution in [0.25, 0.3) is 0 Å². The Bertz CT molecular complexity index is 366. The van der Waals surface area contributed by atoms with Gasteiger partial charge in [0.05, 0.1) is 6.61 Å². The van der Waals surface area contributed by atoms with Gasteiger partial charge in [-0.2, -0.15) is 0 Å². The van der Waals surface area contributed by atoms with Gasteiger partial charge in [0.1, 0.15) is 11.6 Å². The first-order valence-corrected chi connectivity index (χ1v) is 7.33. The first kappa shape index (κ1) is 16.0. The zero-order valence-electron chi connectivity index (χ0n) is 12.1. The van der Waals surface area contributed by atoms with Crippen molar-refractivity contribution in [2.75, 3.05) is 6.61 Å². The Morgan fingerprint density at radius 1 is 1.16 bits per heavy atom. The molecule has 1 atom stereocenters. The van der Waals surface area contributed by atoms with Crippen molar-refractivity contribution < 1.29 is 9.13 Å². The van der Waals surface area contributed by atoms with Gasteiger partial charge in [-0.15, -0.1) is 0 Å². The van der Waals surface area contributed by atoms with Crippen molar-refractivity contribution in [3.8, 4) is 5.75 Å². The van der Waals surface area contributed by atoms with Crippen molar-refractivity contribution in [1.82, 2.24) is 0 Å². The Kier molecular flexibility index (Phi) is 7.49. The minimum atomic E-state index is -0.347. The van der Waals surface area contributed by atoms with Crippen LogP contribution in [0.5, 0.6) is 5.75 Å². The molecule has 0 spiro atoms. The van der Waals surface area contributed by atoms with Gasteiger partial charge in [-0.3, -0.25) is 0 Å². The molecule has 0 fully saturated rings. The third-order valence-corrected chi connectivity index (χ3v) is 3.22. The summed E-state index contributed by atoms with van der Waals surface area (Å²) >= 11 is 0. The molecule has 1 aromatic carbocycles. The maximum absolute atomic E-state index is 13.7. The quantitative estimate of drug-likeness (QED) is 0.664. The summed E-state index contributed by atoms with van der Waals surface area (Å²) in [7, 11) is 0. The molecule has 0 amide bonds. The molecular weight excluding hydrogens is 241 g/mol. The molecule has 2 N–H and O–H groups in total. The van der Waals surface area contributed by atoms with Crippen molar-refractivity contribution in [3.63, 3.8) is 0 Å². The van der Waals surface area contributed by atoms with Crippen LogP contribution < -0.4 is 10.5 Å². The fraction of sp³-hybridized carbons (Fsp3) is 0.625. The largest absolute Gasteiger partial charge is 0.493 e. The molecule has 2 nitrogen and oxygen atoms in total. The minimum absolute atomic E-state index is 0.282. The van der Waals surface area contributed by atoms with Gasteiger partial charge in [-0.1, -0.05) is 45.1 Å². The van der Waals surface area contributed by atoms with Crippen molar-refractivity contribution in [2.45, 2.75) is 58.4 Å². The van der Waals surface area contributed by atoms with Gasteiger partial charge >= 0.3 is 0 Å². The van der Waals surface area contributed by atoms with Gasteiger partial charge in [-0.25, -0.2) is 4.39 Å². The van der Waals surface area contributed by atoms with Gasteiger partial charge in [0.2, 0.25) is 0 Å². The molecule has 0 aliphatic heterocycles. The average molecular weight is 267 g/mol. The van der Waals surface area contributed by atoms with Crippen molar-refractivity contribution in [1.29, 1.82) is 0 Å². The van der Waals surface area contributed by atoms with Crippen LogP contribution in [0.15, 0.2) is 18.2 Å². The standard InChI is InChI=1S/C16H26FNO/c1-3-4-5-6-7-8-12-19-15-11-9-10-14(17)16(15)13(2)18/h9-11,13H,3-8,12,18H2,1-2H3/t13-/m1/s1. The number of nitrogens with two attached hydrogens (primary N) is 1. The lowest BCUT2D eigenvalue weighted by atomic mass is 10.1. The van der Waals surface area contributed by atoms with E-state index < -0.39 is 0 Å². The number of benzene rings is 1. The summed E-state index contributed by atoms with van der Waals surface area (Å²) in [6.45, 7) is 4.62. The first-order chi connectivity index (χ1) is 9.16. The zero-order chi connectivity index (χ0) is 14.1. The molecule has 0 heterocycles. The number of ether oxygens (including phenoxy) is 1. The molecular formula is C16H26FNO. The molecule has 0 saturated carbocycles. The molecule has 19 heavy (non-hydrogen) atoms. The van der Waals surface area contributed by atoms with E-state index in [0.29, 0.717) is 17.9 Å². The van der Waals surface area contributed by atoms with Crippen LogP contribution >= 0.6 is 0 Å². The van der Waals surface area contributed by atoms with E-state index >= 15 is 0 Å². The highest BCUT2D eigenvalue weighted by atomic mass is 19.1. The second kappa shape index (κ2) is 8.92. The Hall–Kier alpha value is -1.09. The van der Waals surface area contributed by atoms with Crippen molar-refractivity contribution in [2.24, 2.45) is 5.73 Å². The molecule has 0 aliphatic carbocycles. The molecule has 0 radical (unpaired) electrons. The first-order valence-electron chi connectivity index (χ1n) is 7.33. The highest BCUT2D eigenvalue weighted by Gasteiger charge is 2.13. The van der Waals surface area contributed by atoms with Crippen LogP contribution in [0, 0.1) is 5.82 Å². The summed E-state index contributed by atoms with van der Waals surface area (Å²) in [6, 6.07) is 4.54. The summed E-state index contributed by atoms with van der Waals surface area (Å²) in [4.78, 5) is 0. The van der Waals surface area contributed by atoms with Crippen LogP contribution in [0.1, 0.15) is 64.0 Å². The molecule has 0 aromatic heterocycles. The Morgan fingerprint density at radius 2 is 1.84 bits per heavy atom. The van der Waals surface area contributed by atoms with E-state index in [1.807, 2.05) is 0 Å². The second-order valence-electron chi connectivity index (χ2n) is 5.06. The van der Waals surface area contributed by atoms with Crippen molar-refractivity contribution >= 4 is 0 Å². The maximum Gasteiger partial charge on any atom is 0.131 e. The molecule has 1 aromatic rings. The molecule has 0 unspecified atom stereocenters. The third-order valence-electron chi connectivity index (χ3n) is 3.22. The topological polar surface area (TPSA) is 35.2 Å². The summed E-state index contributed by atoms with van der Waals surface area (Å²) in [5.41, 5.74) is 6.26. The summed E-state index contributed by atoms with van der Waals surface area (Å²) in [5, 5.41) is 0. The lowest BCUT2D eigenvalue weighted by Gasteiger charge is -2.14. The lowest BCUT2D eigenvalue weighted by molar-refractivity contribution is 0.298. The van der Waals surface area contributed by atoms with E-state index in [2.05, 4.69) is 6.92 Å². The molecule has 0 aliphatic rings. The fourth-order valence-electron chi connectivity index (χ4n) is 2.15. The number of rotatable bonds is 9. The number of hydrogen-bond donors (Lipinski definition) is 1. The van der Waals surface area contributed by atoms with Crippen LogP contribution in [0.4, 0.5) is 4.39 Å². The van der Waals surface area contributed by atoms with Crippen LogP contribution in [0.3, 0.4) is 0 Å². The smallest absolute Gasteiger partial charge is 0.131 e. The number of hydrogen-bond acceptors (Lipinski definition) is 2. The van der Waals surface area contributed by atoms with E-state index in [9.17, 15) is 4.39 Å². The van der Waals surface area contributed by atoms with Crippen LogP contribution in [-0.2, 0) is 0 Å². The molecule has 0 saturated heterocycles. The van der Waals surface area contributed by atoms with Crippen LogP contribution in [0.2, 0.25) is 0 Å². The normalized spacial score (nSPS) is 12.4. The van der Waals surface area contributed by atoms with Gasteiger partial charge in [-0.05, 0) is 25.5 Å². The monoisotopic (exact) mass is 267 g/mol. The SMILES string of the molecule is CCCCCCCCOc1cccc(F)c1[C@@H](C)N. The summed E-state index contributed by atoms with van der Waals surface area (Å²) in [6.07, 6.45) is 7.29. The lowest BCUT2D eigenvalue weighted by Crippen LogP contribution is -2.11. The molecule has 1 rings (SSSR count). The second-order valence-corrected chi connectivity index (χ2v) is 5.06. The summed E-state index contributed by atoms with van der Waals surface area (Å²) < 4.78 is 19.3. The molecule has 0 bridgehead atoms. The van der Waals surface area contributed by atoms with Gasteiger partial charge in [0.25, 0.3) is 0 Å². The number of unbranched alkanes of at least 4 members (excludes halogenated alkanes) is 5. The Balaban J connectivity index is 2.35. The maximum atomic E-state index is 13.7. The number of halogens is 1.